The van der Waals surface area contributed by atoms with Crippen LogP contribution in [0.5, 0.6) is 0 Å². The molecule has 0 aliphatic heterocycles. The summed E-state index contributed by atoms with van der Waals surface area (Å²) in [5.74, 6) is -0.968. The van der Waals surface area contributed by atoms with Crippen molar-refractivity contribution in [3.8, 4) is 0 Å². The predicted molar refractivity (Wildman–Crippen MR) is 68.0 cm³/mol. The van der Waals surface area contributed by atoms with Crippen LogP contribution in [0.2, 0.25) is 0 Å². The predicted octanol–water partition coefficient (Wildman–Crippen LogP) is -2.09. The average molecular weight is 347 g/mol. The van der Waals surface area contributed by atoms with Crippen molar-refractivity contribution in [2.24, 2.45) is 5.73 Å². The van der Waals surface area contributed by atoms with Crippen LogP contribution in [0.3, 0.4) is 0 Å². The van der Waals surface area contributed by atoms with Crippen molar-refractivity contribution in [1.82, 2.24) is 9.55 Å². The lowest BCUT2D eigenvalue weighted by molar-refractivity contribution is -0.135. The Hall–Kier alpha value is -1.10. The summed E-state index contributed by atoms with van der Waals surface area (Å²) in [5, 5.41) is 13.6. The molecular formula is C7H15N3O9P2. The first-order valence-electron chi connectivity index (χ1n) is 5.06. The number of carbonyl (C=O) groups is 1. The molecule has 1 aromatic heterocycles. The van der Waals surface area contributed by atoms with Gasteiger partial charge in [0.05, 0.1) is 19.4 Å². The fourth-order valence-electron chi connectivity index (χ4n) is 0.979. The van der Waals surface area contributed by atoms with E-state index in [-0.39, 0.29) is 6.54 Å². The summed E-state index contributed by atoms with van der Waals surface area (Å²) in [6.45, 7) is -1.23. The molecule has 8 N–H and O–H groups in total. The van der Waals surface area contributed by atoms with Gasteiger partial charge >= 0.3 is 21.2 Å². The van der Waals surface area contributed by atoms with Crippen LogP contribution >= 0.6 is 15.2 Å². The van der Waals surface area contributed by atoms with Crippen LogP contribution in [-0.2, 0) is 20.5 Å². The lowest BCUT2D eigenvalue weighted by Crippen LogP contribution is -2.33. The molecule has 0 fully saturated rings. The largest absolute Gasteiger partial charge is 0.480 e. The van der Waals surface area contributed by atoms with Crippen molar-refractivity contribution in [2.45, 2.75) is 11.6 Å². The fraction of sp³-hybridized carbons (Fsp3) is 0.429. The topological polar surface area (TPSA) is 216 Å². The van der Waals surface area contributed by atoms with Crippen molar-refractivity contribution in [2.75, 3.05) is 6.54 Å². The van der Waals surface area contributed by atoms with Gasteiger partial charge in [-0.2, -0.15) is 0 Å². The Morgan fingerprint density at radius 1 is 1.24 bits per heavy atom. The highest BCUT2D eigenvalue weighted by atomic mass is 31.2. The highest BCUT2D eigenvalue weighted by Crippen LogP contribution is 2.67. The smallest absolute Gasteiger partial charge is 0.371 e. The van der Waals surface area contributed by atoms with Crippen molar-refractivity contribution < 1.29 is 43.7 Å². The molecule has 0 unspecified atom stereocenters. The van der Waals surface area contributed by atoms with E-state index in [0.717, 1.165) is 10.9 Å². The molecule has 1 rings (SSSR count). The molecular weight excluding hydrogens is 332 g/mol. The second-order valence-corrected chi connectivity index (χ2v) is 7.70. The van der Waals surface area contributed by atoms with Gasteiger partial charge in [0, 0.05) is 12.4 Å². The van der Waals surface area contributed by atoms with E-state index in [1.165, 1.54) is 12.4 Å². The SMILES string of the molecule is NCC(=O)O.O=P(O)(O)C(O)(Cn1ccnc1)P(=O)(O)O. The van der Waals surface area contributed by atoms with Crippen LogP contribution < -0.4 is 5.73 Å². The van der Waals surface area contributed by atoms with Crippen LogP contribution in [0.1, 0.15) is 0 Å². The summed E-state index contributed by atoms with van der Waals surface area (Å²) in [5.41, 5.74) is 4.57. The number of imidazole rings is 1. The Balaban J connectivity index is 0.000000690. The summed E-state index contributed by atoms with van der Waals surface area (Å²) in [6.07, 6.45) is 3.51. The molecule has 12 nitrogen and oxygen atoms in total. The van der Waals surface area contributed by atoms with Gasteiger partial charge in [-0.1, -0.05) is 0 Å². The number of nitrogens with zero attached hydrogens (tertiary/aromatic N) is 2. The zero-order valence-corrected chi connectivity index (χ0v) is 12.2. The maximum Gasteiger partial charge on any atom is 0.371 e. The lowest BCUT2D eigenvalue weighted by Gasteiger charge is -2.29. The number of hydrogen-bond acceptors (Lipinski definition) is 6. The number of aliphatic carboxylic acids is 1. The van der Waals surface area contributed by atoms with Crippen molar-refractivity contribution >= 4 is 21.2 Å². The van der Waals surface area contributed by atoms with Gasteiger partial charge in [0.1, 0.15) is 0 Å². The maximum atomic E-state index is 10.9. The third-order valence-electron chi connectivity index (χ3n) is 2.06. The Morgan fingerprint density at radius 3 is 1.90 bits per heavy atom. The van der Waals surface area contributed by atoms with E-state index in [9.17, 15) is 19.0 Å². The number of carboxylic acids is 1. The Morgan fingerprint density at radius 2 is 1.67 bits per heavy atom. The number of carboxylic acid groups (broad SMARTS) is 1. The Labute approximate surface area is 118 Å². The van der Waals surface area contributed by atoms with E-state index in [1.807, 2.05) is 0 Å². The van der Waals surface area contributed by atoms with Crippen LogP contribution in [0, 0.1) is 0 Å². The van der Waals surface area contributed by atoms with Crippen LogP contribution in [-0.4, -0.2) is 56.9 Å². The summed E-state index contributed by atoms with van der Waals surface area (Å²) >= 11 is 0. The lowest BCUT2D eigenvalue weighted by atomic mass is 10.6. The molecule has 0 saturated heterocycles. The van der Waals surface area contributed by atoms with E-state index in [1.54, 1.807) is 0 Å². The minimum atomic E-state index is -5.41. The molecule has 1 heterocycles. The summed E-state index contributed by atoms with van der Waals surface area (Å²) in [6, 6.07) is 0. The van der Waals surface area contributed by atoms with Gasteiger partial charge in [-0.3, -0.25) is 13.9 Å². The number of aliphatic hydroxyl groups is 1. The molecule has 21 heavy (non-hydrogen) atoms. The van der Waals surface area contributed by atoms with Gasteiger partial charge in [0.2, 0.25) is 0 Å². The maximum absolute atomic E-state index is 10.9. The van der Waals surface area contributed by atoms with Gasteiger partial charge in [-0.05, 0) is 0 Å². The molecule has 0 amide bonds. The van der Waals surface area contributed by atoms with Crippen LogP contribution in [0.15, 0.2) is 18.7 Å². The van der Waals surface area contributed by atoms with Gasteiger partial charge in [-0.15, -0.1) is 0 Å². The monoisotopic (exact) mass is 347 g/mol. The van der Waals surface area contributed by atoms with Crippen molar-refractivity contribution in [3.05, 3.63) is 18.7 Å². The van der Waals surface area contributed by atoms with Crippen LogP contribution in [0.25, 0.3) is 0 Å². The zero-order valence-electron chi connectivity index (χ0n) is 10.4. The molecule has 14 heteroatoms. The number of aromatic nitrogens is 2. The molecule has 0 aliphatic carbocycles. The van der Waals surface area contributed by atoms with Crippen molar-refractivity contribution in [1.29, 1.82) is 0 Å². The quantitative estimate of drug-likeness (QED) is 0.286. The van der Waals surface area contributed by atoms with E-state index < -0.39 is 32.8 Å². The Kier molecular flexibility index (Phi) is 6.87. The second kappa shape index (κ2) is 7.25. The molecule has 0 spiro atoms. The third kappa shape index (κ3) is 5.65. The van der Waals surface area contributed by atoms with Gasteiger partial charge in [0.25, 0.3) is 5.08 Å². The minimum absolute atomic E-state index is 0.278. The molecule has 0 aliphatic rings. The molecule has 0 radical (unpaired) electrons. The van der Waals surface area contributed by atoms with Crippen molar-refractivity contribution in [3.63, 3.8) is 0 Å². The van der Waals surface area contributed by atoms with Gasteiger partial charge in [-0.25, -0.2) is 4.98 Å². The first kappa shape index (κ1) is 19.9. The summed E-state index contributed by atoms with van der Waals surface area (Å²) in [7, 11) is -10.8. The molecule has 0 bridgehead atoms. The number of hydrogen-bond donors (Lipinski definition) is 7. The molecule has 0 saturated carbocycles. The highest BCUT2D eigenvalue weighted by Gasteiger charge is 2.59. The average Bonchev–Trinajstić information content (AvgIpc) is 2.79. The highest BCUT2D eigenvalue weighted by molar-refractivity contribution is 7.72. The Bertz CT molecular complexity index is 526. The fourth-order valence-corrected chi connectivity index (χ4v) is 3.03. The molecule has 122 valence electrons. The third-order valence-corrected chi connectivity index (χ3v) is 5.77. The van der Waals surface area contributed by atoms with E-state index >= 15 is 0 Å². The first-order valence-corrected chi connectivity index (χ1v) is 8.29. The van der Waals surface area contributed by atoms with Gasteiger partial charge < -0.3 is 40.1 Å². The van der Waals surface area contributed by atoms with E-state index in [4.69, 9.17) is 24.7 Å². The molecule has 0 atom stereocenters. The summed E-state index contributed by atoms with van der Waals surface area (Å²) < 4.78 is 22.8. The zero-order chi connectivity index (χ0) is 16.9. The standard InChI is InChI=1S/C5H10N2O7P2.C2H5NO2/c8-5(15(9,10)11,16(12,13)14)3-7-2-1-6-4-7;3-1-2(4)5/h1-2,4,8H,3H2,(H2,9,10,11)(H2,12,13,14);1,3H2,(H,4,5). The molecule has 0 aromatic carbocycles. The van der Waals surface area contributed by atoms with Crippen LogP contribution in [0.4, 0.5) is 0 Å². The van der Waals surface area contributed by atoms with Gasteiger partial charge in [0.15, 0.2) is 0 Å². The minimum Gasteiger partial charge on any atom is -0.480 e. The molecule has 1 aromatic rings. The number of nitrogens with two attached hydrogens (primary N) is 1. The first-order chi connectivity index (χ1) is 9.35. The summed E-state index contributed by atoms with van der Waals surface area (Å²) in [4.78, 5) is 48.0. The number of rotatable bonds is 5. The normalized spacial score (nSPS) is 12.5. The van der Waals surface area contributed by atoms with E-state index in [2.05, 4.69) is 10.7 Å². The van der Waals surface area contributed by atoms with E-state index in [0.29, 0.717) is 0 Å². The second-order valence-electron chi connectivity index (χ2n) is 3.70.